The fourth-order valence-electron chi connectivity index (χ4n) is 3.65. The third-order valence-corrected chi connectivity index (χ3v) is 6.01. The highest BCUT2D eigenvalue weighted by atomic mass is 32.2. The first-order valence-electron chi connectivity index (χ1n) is 9.26. The molecular formula is C17H36N2O3S. The van der Waals surface area contributed by atoms with Gasteiger partial charge in [-0.15, -0.1) is 0 Å². The lowest BCUT2D eigenvalue weighted by Gasteiger charge is -2.32. The molecule has 6 heteroatoms. The van der Waals surface area contributed by atoms with E-state index in [1.807, 2.05) is 6.92 Å². The molecule has 0 bridgehead atoms. The van der Waals surface area contributed by atoms with Crippen molar-refractivity contribution in [3.63, 3.8) is 0 Å². The third-order valence-electron chi connectivity index (χ3n) is 5.21. The van der Waals surface area contributed by atoms with E-state index in [0.717, 1.165) is 18.3 Å². The second kappa shape index (κ2) is 10.6. The topological polar surface area (TPSA) is 106 Å². The number of hydrogen-bond donors (Lipinski definition) is 3. The average Bonchev–Trinajstić information content (AvgIpc) is 2.50. The molecule has 0 radical (unpaired) electrons. The number of rotatable bonds is 5. The Bertz CT molecular complexity index is 378. The lowest BCUT2D eigenvalue weighted by molar-refractivity contribution is 0.225. The summed E-state index contributed by atoms with van der Waals surface area (Å²) in [7, 11) is -3.69. The van der Waals surface area contributed by atoms with E-state index in [1.54, 1.807) is 0 Å². The highest BCUT2D eigenvalue weighted by Gasteiger charge is 2.24. The van der Waals surface area contributed by atoms with Crippen molar-refractivity contribution in [2.75, 3.05) is 5.75 Å². The maximum absolute atomic E-state index is 9.95. The minimum absolute atomic E-state index is 0.108. The van der Waals surface area contributed by atoms with Crippen molar-refractivity contribution >= 4 is 10.1 Å². The summed E-state index contributed by atoms with van der Waals surface area (Å²) in [6.07, 6.45) is 13.3. The van der Waals surface area contributed by atoms with Crippen molar-refractivity contribution in [3.05, 3.63) is 0 Å². The quantitative estimate of drug-likeness (QED) is 0.662. The molecule has 0 saturated heterocycles. The summed E-state index contributed by atoms with van der Waals surface area (Å²) in [4.78, 5) is 0. The summed E-state index contributed by atoms with van der Waals surface area (Å²) in [6, 6.07) is 1.00. The van der Waals surface area contributed by atoms with Crippen molar-refractivity contribution in [1.82, 2.24) is 0 Å². The van der Waals surface area contributed by atoms with Gasteiger partial charge >= 0.3 is 0 Å². The summed E-state index contributed by atoms with van der Waals surface area (Å²) in [5.74, 6) is 1.84. The van der Waals surface area contributed by atoms with E-state index in [4.69, 9.17) is 16.0 Å². The summed E-state index contributed by atoms with van der Waals surface area (Å²) in [5, 5.41) is 0. The molecule has 23 heavy (non-hydrogen) atoms. The van der Waals surface area contributed by atoms with Crippen LogP contribution in [0.3, 0.4) is 0 Å². The van der Waals surface area contributed by atoms with Gasteiger partial charge in [-0.1, -0.05) is 13.3 Å². The van der Waals surface area contributed by atoms with Gasteiger partial charge < -0.3 is 11.5 Å². The molecule has 0 heterocycles. The van der Waals surface area contributed by atoms with Gasteiger partial charge in [0, 0.05) is 12.1 Å². The Hall–Kier alpha value is -0.170. The Kier molecular flexibility index (Phi) is 9.66. The van der Waals surface area contributed by atoms with E-state index in [0.29, 0.717) is 18.5 Å². The molecule has 0 amide bonds. The first-order chi connectivity index (χ1) is 10.8. The van der Waals surface area contributed by atoms with E-state index >= 15 is 0 Å². The van der Waals surface area contributed by atoms with Crippen molar-refractivity contribution in [3.8, 4) is 0 Å². The van der Waals surface area contributed by atoms with Gasteiger partial charge in [-0.3, -0.25) is 4.55 Å². The van der Waals surface area contributed by atoms with Crippen LogP contribution < -0.4 is 11.5 Å². The van der Waals surface area contributed by atoms with Crippen LogP contribution in [0.5, 0.6) is 0 Å². The monoisotopic (exact) mass is 348 g/mol. The molecule has 5 nitrogen and oxygen atoms in total. The van der Waals surface area contributed by atoms with Crippen molar-refractivity contribution in [2.24, 2.45) is 23.3 Å². The largest absolute Gasteiger partial charge is 0.328 e. The van der Waals surface area contributed by atoms with Gasteiger partial charge in [0.1, 0.15) is 0 Å². The maximum Gasteiger partial charge on any atom is 0.264 e. The van der Waals surface area contributed by atoms with E-state index in [1.165, 1.54) is 57.8 Å². The summed E-state index contributed by atoms with van der Waals surface area (Å²) < 4.78 is 28.0. The van der Waals surface area contributed by atoms with Crippen molar-refractivity contribution < 1.29 is 13.0 Å². The van der Waals surface area contributed by atoms with Gasteiger partial charge in [-0.2, -0.15) is 8.42 Å². The number of nitrogens with two attached hydrogens (primary N) is 2. The standard InChI is InChI=1S/C13H26N2.C4H10O3S/c14-12-5-1-10(2-6-12)9-11-3-7-13(15)8-4-11;1-2-3-4-8(5,6)7/h10-13H,1-9,14-15H2;2-4H2,1H3,(H,5,6,7). The van der Waals surface area contributed by atoms with Crippen LogP contribution in [-0.2, 0) is 10.1 Å². The first kappa shape index (κ1) is 20.9. The predicted octanol–water partition coefficient (Wildman–Crippen LogP) is 3.09. The van der Waals surface area contributed by atoms with E-state index in [2.05, 4.69) is 0 Å². The Balaban J connectivity index is 0.000000284. The molecule has 0 aromatic rings. The van der Waals surface area contributed by atoms with Crippen LogP contribution in [0.25, 0.3) is 0 Å². The lowest BCUT2D eigenvalue weighted by Crippen LogP contribution is -2.30. The maximum atomic E-state index is 9.95. The Morgan fingerprint density at radius 3 is 1.52 bits per heavy atom. The molecule has 2 rings (SSSR count). The smallest absolute Gasteiger partial charge is 0.264 e. The van der Waals surface area contributed by atoms with Crippen molar-refractivity contribution in [2.45, 2.75) is 89.6 Å². The molecule has 2 aliphatic carbocycles. The molecule has 2 saturated carbocycles. The zero-order valence-corrected chi connectivity index (χ0v) is 15.4. The lowest BCUT2D eigenvalue weighted by atomic mass is 9.76. The van der Waals surface area contributed by atoms with E-state index in [-0.39, 0.29) is 5.75 Å². The minimum atomic E-state index is -3.69. The van der Waals surface area contributed by atoms with E-state index < -0.39 is 10.1 Å². The first-order valence-corrected chi connectivity index (χ1v) is 10.9. The number of hydrogen-bond acceptors (Lipinski definition) is 4. The normalized spacial score (nSPS) is 32.0. The van der Waals surface area contributed by atoms with Crippen molar-refractivity contribution in [1.29, 1.82) is 0 Å². The summed E-state index contributed by atoms with van der Waals surface area (Å²) >= 11 is 0. The third kappa shape index (κ3) is 10.3. The SMILES string of the molecule is CCCCS(=O)(=O)O.NC1CCC(CC2CCC(N)CC2)CC1. The molecule has 2 aliphatic rings. The van der Waals surface area contributed by atoms with Gasteiger partial charge in [-0.05, 0) is 76.0 Å². The highest BCUT2D eigenvalue weighted by Crippen LogP contribution is 2.34. The molecule has 0 aliphatic heterocycles. The second-order valence-electron chi connectivity index (χ2n) is 7.44. The Morgan fingerprint density at radius 1 is 0.870 bits per heavy atom. The molecular weight excluding hydrogens is 312 g/mol. The molecule has 5 N–H and O–H groups in total. The molecule has 0 aromatic carbocycles. The summed E-state index contributed by atoms with van der Waals surface area (Å²) in [6.45, 7) is 1.87. The molecule has 0 atom stereocenters. The van der Waals surface area contributed by atoms with Crippen LogP contribution >= 0.6 is 0 Å². The molecule has 0 spiro atoms. The van der Waals surface area contributed by atoms with Gasteiger partial charge in [0.2, 0.25) is 0 Å². The zero-order chi connectivity index (χ0) is 17.3. The van der Waals surface area contributed by atoms with Gasteiger partial charge in [-0.25, -0.2) is 0 Å². The van der Waals surface area contributed by atoms with Crippen LogP contribution in [0.2, 0.25) is 0 Å². The molecule has 0 aromatic heterocycles. The zero-order valence-electron chi connectivity index (χ0n) is 14.6. The minimum Gasteiger partial charge on any atom is -0.328 e. The van der Waals surface area contributed by atoms with Crippen LogP contribution in [0, 0.1) is 11.8 Å². The predicted molar refractivity (Wildman–Crippen MR) is 95.8 cm³/mol. The van der Waals surface area contributed by atoms with Gasteiger partial charge in [0.25, 0.3) is 10.1 Å². The van der Waals surface area contributed by atoms with Gasteiger partial charge in [0.05, 0.1) is 5.75 Å². The molecule has 2 fully saturated rings. The van der Waals surface area contributed by atoms with Crippen LogP contribution in [-0.4, -0.2) is 30.8 Å². The highest BCUT2D eigenvalue weighted by molar-refractivity contribution is 7.85. The van der Waals surface area contributed by atoms with E-state index in [9.17, 15) is 8.42 Å². The molecule has 138 valence electrons. The number of unbranched alkanes of at least 4 members (excludes halogenated alkanes) is 1. The van der Waals surface area contributed by atoms with Crippen LogP contribution in [0.15, 0.2) is 0 Å². The fraction of sp³-hybridized carbons (Fsp3) is 1.00. The molecule has 0 unspecified atom stereocenters. The second-order valence-corrected chi connectivity index (χ2v) is 9.01. The van der Waals surface area contributed by atoms with Crippen LogP contribution in [0.4, 0.5) is 0 Å². The Morgan fingerprint density at radius 2 is 1.26 bits per heavy atom. The fourth-order valence-corrected chi connectivity index (χ4v) is 4.30. The van der Waals surface area contributed by atoms with Crippen LogP contribution in [0.1, 0.15) is 77.6 Å². The Labute approximate surface area is 142 Å². The average molecular weight is 349 g/mol. The van der Waals surface area contributed by atoms with Gasteiger partial charge in [0.15, 0.2) is 0 Å². The summed E-state index contributed by atoms with van der Waals surface area (Å²) in [5.41, 5.74) is 11.9.